The number of hydrogen-bond donors (Lipinski definition) is 0. The number of ether oxygens (including phenoxy) is 2. The van der Waals surface area contributed by atoms with Crippen molar-refractivity contribution in [2.75, 3.05) is 13.7 Å². The molecule has 1 atom stereocenters. The number of nitrogens with zero attached hydrogens (tertiary/aromatic N) is 1. The highest BCUT2D eigenvalue weighted by Gasteiger charge is 2.02. The minimum atomic E-state index is -0.313. The van der Waals surface area contributed by atoms with Crippen molar-refractivity contribution in [1.82, 2.24) is 0 Å². The molecule has 0 aromatic heterocycles. The predicted molar refractivity (Wildman–Crippen MR) is 106 cm³/mol. The SMILES string of the molecule is CC[C@H](C)COC(=O)C=Cc1ccc(N=Cc2ccc(OC)cc2)cc1. The van der Waals surface area contributed by atoms with E-state index in [1.807, 2.05) is 48.5 Å². The molecule has 0 heterocycles. The predicted octanol–water partition coefficient (Wildman–Crippen LogP) is 5.05. The summed E-state index contributed by atoms with van der Waals surface area (Å²) in [5, 5.41) is 0. The van der Waals surface area contributed by atoms with Crippen LogP contribution in [0.3, 0.4) is 0 Å². The standard InChI is InChI=1S/C22H25NO3/c1-4-17(2)16-26-22(24)14-9-18-5-10-20(11-6-18)23-15-19-7-12-21(25-3)13-8-19/h5-15,17H,4,16H2,1-3H3/t17-/m0/s1. The largest absolute Gasteiger partial charge is 0.497 e. The van der Waals surface area contributed by atoms with Crippen molar-refractivity contribution in [2.24, 2.45) is 10.9 Å². The third kappa shape index (κ3) is 6.55. The van der Waals surface area contributed by atoms with Gasteiger partial charge in [-0.2, -0.15) is 0 Å². The van der Waals surface area contributed by atoms with Crippen molar-refractivity contribution >= 4 is 23.9 Å². The van der Waals surface area contributed by atoms with Gasteiger partial charge in [-0.25, -0.2) is 4.79 Å². The molecular formula is C22H25NO3. The maximum atomic E-state index is 11.7. The number of aliphatic imine (C=N–C) groups is 1. The highest BCUT2D eigenvalue weighted by atomic mass is 16.5. The summed E-state index contributed by atoms with van der Waals surface area (Å²) in [5.74, 6) is 0.892. The van der Waals surface area contributed by atoms with Crippen LogP contribution >= 0.6 is 0 Å². The maximum Gasteiger partial charge on any atom is 0.330 e. The molecule has 0 fully saturated rings. The van der Waals surface area contributed by atoms with Gasteiger partial charge in [0, 0.05) is 12.3 Å². The van der Waals surface area contributed by atoms with E-state index >= 15 is 0 Å². The van der Waals surface area contributed by atoms with Crippen LogP contribution in [0.15, 0.2) is 59.6 Å². The van der Waals surface area contributed by atoms with Crippen LogP contribution in [0.5, 0.6) is 5.75 Å². The highest BCUT2D eigenvalue weighted by molar-refractivity contribution is 5.87. The van der Waals surface area contributed by atoms with E-state index in [-0.39, 0.29) is 5.97 Å². The van der Waals surface area contributed by atoms with Crippen LogP contribution in [0.4, 0.5) is 5.69 Å². The number of carbonyl (C=O) groups excluding carboxylic acids is 1. The van der Waals surface area contributed by atoms with Gasteiger partial charge < -0.3 is 9.47 Å². The number of rotatable bonds is 8. The average Bonchev–Trinajstić information content (AvgIpc) is 2.70. The quantitative estimate of drug-likeness (QED) is 0.380. The fourth-order valence-electron chi connectivity index (χ4n) is 2.07. The van der Waals surface area contributed by atoms with Gasteiger partial charge in [-0.3, -0.25) is 4.99 Å². The molecule has 0 unspecified atom stereocenters. The Morgan fingerprint density at radius 3 is 2.35 bits per heavy atom. The maximum absolute atomic E-state index is 11.7. The van der Waals surface area contributed by atoms with E-state index in [0.717, 1.165) is 29.0 Å². The second-order valence-corrected chi connectivity index (χ2v) is 6.10. The summed E-state index contributed by atoms with van der Waals surface area (Å²) in [6, 6.07) is 15.3. The number of carbonyl (C=O) groups is 1. The molecular weight excluding hydrogens is 326 g/mol. The molecule has 4 heteroatoms. The van der Waals surface area contributed by atoms with Crippen LogP contribution in [-0.2, 0) is 9.53 Å². The van der Waals surface area contributed by atoms with Crippen LogP contribution in [0.2, 0.25) is 0 Å². The first kappa shape index (κ1) is 19.4. The topological polar surface area (TPSA) is 47.9 Å². The van der Waals surface area contributed by atoms with E-state index in [1.165, 1.54) is 6.08 Å². The van der Waals surface area contributed by atoms with E-state index in [2.05, 4.69) is 18.8 Å². The molecule has 0 saturated heterocycles. The molecule has 0 aliphatic carbocycles. The molecule has 2 aromatic carbocycles. The Morgan fingerprint density at radius 1 is 1.08 bits per heavy atom. The summed E-state index contributed by atoms with van der Waals surface area (Å²) >= 11 is 0. The number of hydrogen-bond acceptors (Lipinski definition) is 4. The highest BCUT2D eigenvalue weighted by Crippen LogP contribution is 2.15. The first-order chi connectivity index (χ1) is 12.6. The van der Waals surface area contributed by atoms with Gasteiger partial charge in [0.2, 0.25) is 0 Å². The third-order valence-corrected chi connectivity index (χ3v) is 3.99. The minimum Gasteiger partial charge on any atom is -0.497 e. The zero-order valence-electron chi connectivity index (χ0n) is 15.5. The van der Waals surface area contributed by atoms with Crippen LogP contribution in [0.25, 0.3) is 6.08 Å². The van der Waals surface area contributed by atoms with Crippen LogP contribution in [-0.4, -0.2) is 25.9 Å². The molecule has 0 aliphatic heterocycles. The fourth-order valence-corrected chi connectivity index (χ4v) is 2.07. The normalized spacial score (nSPS) is 12.4. The van der Waals surface area contributed by atoms with Gasteiger partial charge in [0.15, 0.2) is 0 Å². The van der Waals surface area contributed by atoms with E-state index in [4.69, 9.17) is 9.47 Å². The van der Waals surface area contributed by atoms with Crippen molar-refractivity contribution in [2.45, 2.75) is 20.3 Å². The van der Waals surface area contributed by atoms with Gasteiger partial charge in [-0.15, -0.1) is 0 Å². The van der Waals surface area contributed by atoms with Crippen molar-refractivity contribution in [3.63, 3.8) is 0 Å². The summed E-state index contributed by atoms with van der Waals surface area (Å²) in [5.41, 5.74) is 2.77. The van der Waals surface area contributed by atoms with Gasteiger partial charge in [-0.05, 0) is 59.5 Å². The lowest BCUT2D eigenvalue weighted by atomic mass is 10.1. The second kappa shape index (κ2) is 10.2. The molecule has 26 heavy (non-hydrogen) atoms. The molecule has 2 rings (SSSR count). The minimum absolute atomic E-state index is 0.313. The Labute approximate surface area is 155 Å². The molecule has 4 nitrogen and oxygen atoms in total. The summed E-state index contributed by atoms with van der Waals surface area (Å²) in [6.07, 6.45) is 6.00. The monoisotopic (exact) mass is 351 g/mol. The Balaban J connectivity index is 1.89. The second-order valence-electron chi connectivity index (χ2n) is 6.10. The summed E-state index contributed by atoms with van der Waals surface area (Å²) in [4.78, 5) is 16.1. The van der Waals surface area contributed by atoms with Crippen LogP contribution < -0.4 is 4.74 Å². The molecule has 0 spiro atoms. The van der Waals surface area contributed by atoms with Gasteiger partial charge >= 0.3 is 5.97 Å². The molecule has 136 valence electrons. The molecule has 0 bridgehead atoms. The van der Waals surface area contributed by atoms with Crippen molar-refractivity contribution in [3.8, 4) is 5.75 Å². The molecule has 0 amide bonds. The Hall–Kier alpha value is -2.88. The fraction of sp³-hybridized carbons (Fsp3) is 0.273. The van der Waals surface area contributed by atoms with E-state index in [0.29, 0.717) is 12.5 Å². The lowest BCUT2D eigenvalue weighted by Crippen LogP contribution is -2.08. The first-order valence-corrected chi connectivity index (χ1v) is 8.73. The number of methoxy groups -OCH3 is 1. The lowest BCUT2D eigenvalue weighted by molar-refractivity contribution is -0.138. The molecule has 0 aliphatic rings. The Kier molecular flexibility index (Phi) is 7.62. The van der Waals surface area contributed by atoms with Gasteiger partial charge in [0.25, 0.3) is 0 Å². The summed E-state index contributed by atoms with van der Waals surface area (Å²) in [7, 11) is 1.64. The first-order valence-electron chi connectivity index (χ1n) is 8.73. The van der Waals surface area contributed by atoms with Gasteiger partial charge in [0.1, 0.15) is 5.75 Å². The van der Waals surface area contributed by atoms with Crippen molar-refractivity contribution in [3.05, 3.63) is 65.7 Å². The average molecular weight is 351 g/mol. The van der Waals surface area contributed by atoms with Crippen molar-refractivity contribution in [1.29, 1.82) is 0 Å². The smallest absolute Gasteiger partial charge is 0.330 e. The molecule has 0 radical (unpaired) electrons. The summed E-state index contributed by atoms with van der Waals surface area (Å²) < 4.78 is 10.3. The number of benzene rings is 2. The third-order valence-electron chi connectivity index (χ3n) is 3.99. The van der Waals surface area contributed by atoms with Crippen molar-refractivity contribution < 1.29 is 14.3 Å². The summed E-state index contributed by atoms with van der Waals surface area (Å²) in [6.45, 7) is 4.59. The molecule has 2 aromatic rings. The number of esters is 1. The van der Waals surface area contributed by atoms with E-state index in [1.54, 1.807) is 19.4 Å². The van der Waals surface area contributed by atoms with Crippen LogP contribution in [0.1, 0.15) is 31.4 Å². The molecule has 0 N–H and O–H groups in total. The zero-order chi connectivity index (χ0) is 18.8. The van der Waals surface area contributed by atoms with E-state index in [9.17, 15) is 4.79 Å². The zero-order valence-corrected chi connectivity index (χ0v) is 15.5. The Bertz CT molecular complexity index is 746. The van der Waals surface area contributed by atoms with Gasteiger partial charge in [0.05, 0.1) is 19.4 Å². The van der Waals surface area contributed by atoms with Gasteiger partial charge in [-0.1, -0.05) is 32.4 Å². The Morgan fingerprint density at radius 2 is 1.73 bits per heavy atom. The van der Waals surface area contributed by atoms with Crippen LogP contribution in [0, 0.1) is 5.92 Å². The molecule has 0 saturated carbocycles. The van der Waals surface area contributed by atoms with E-state index < -0.39 is 0 Å². The lowest BCUT2D eigenvalue weighted by Gasteiger charge is -2.07.